The maximum absolute atomic E-state index is 13.5. The highest BCUT2D eigenvalue weighted by atomic mass is 32.2. The highest BCUT2D eigenvalue weighted by Crippen LogP contribution is 2.43. The van der Waals surface area contributed by atoms with Crippen molar-refractivity contribution in [1.82, 2.24) is 4.90 Å². The van der Waals surface area contributed by atoms with Gasteiger partial charge in [0.2, 0.25) is 0 Å². The summed E-state index contributed by atoms with van der Waals surface area (Å²) in [5.74, 6) is -5.08. The van der Waals surface area contributed by atoms with Crippen LogP contribution in [0.25, 0.3) is 0 Å². The van der Waals surface area contributed by atoms with Gasteiger partial charge in [0.1, 0.15) is 0 Å². The van der Waals surface area contributed by atoms with Gasteiger partial charge in [0.25, 0.3) is 0 Å². The average molecular weight is 494 g/mol. The predicted octanol–water partition coefficient (Wildman–Crippen LogP) is 4.76. The molecule has 0 saturated heterocycles. The summed E-state index contributed by atoms with van der Waals surface area (Å²) in [7, 11) is -3.67. The van der Waals surface area contributed by atoms with E-state index in [1.807, 2.05) is 0 Å². The third-order valence-electron chi connectivity index (χ3n) is 5.01. The molecule has 0 fully saturated rings. The molecule has 1 atom stereocenters. The topological polar surface area (TPSA) is 72.9 Å². The fourth-order valence-corrected chi connectivity index (χ4v) is 4.11. The van der Waals surface area contributed by atoms with Gasteiger partial charge in [-0.05, 0) is 37.4 Å². The molecular formula is C24H22F3NO5S. The van der Waals surface area contributed by atoms with Crippen molar-refractivity contribution < 1.29 is 35.3 Å². The van der Waals surface area contributed by atoms with Crippen LogP contribution in [0.3, 0.4) is 0 Å². The van der Waals surface area contributed by atoms with Gasteiger partial charge in [0.15, 0.2) is 0 Å². The van der Waals surface area contributed by atoms with Crippen molar-refractivity contribution in [2.24, 2.45) is 0 Å². The Kier molecular flexibility index (Phi) is 7.44. The molecule has 180 valence electrons. The molecule has 3 aromatic carbocycles. The van der Waals surface area contributed by atoms with E-state index in [-0.39, 0.29) is 5.56 Å². The summed E-state index contributed by atoms with van der Waals surface area (Å²) in [5.41, 5.74) is -5.03. The molecular weight excluding hydrogens is 471 g/mol. The Morgan fingerprint density at radius 3 is 1.59 bits per heavy atom. The van der Waals surface area contributed by atoms with Gasteiger partial charge in [-0.15, -0.1) is 0 Å². The second-order valence-electron chi connectivity index (χ2n) is 7.52. The average Bonchev–Trinajstić information content (AvgIpc) is 2.80. The maximum Gasteiger partial charge on any atom is 0.523 e. The third-order valence-corrected chi connectivity index (χ3v) is 6.04. The predicted molar refractivity (Wildman–Crippen MR) is 119 cm³/mol. The van der Waals surface area contributed by atoms with Crippen LogP contribution in [-0.2, 0) is 19.0 Å². The molecule has 0 N–H and O–H groups in total. The van der Waals surface area contributed by atoms with Gasteiger partial charge in [-0.1, -0.05) is 78.9 Å². The van der Waals surface area contributed by atoms with Crippen LogP contribution >= 0.6 is 0 Å². The summed E-state index contributed by atoms with van der Waals surface area (Å²) in [6, 6.07) is 23.7. The molecule has 34 heavy (non-hydrogen) atoms. The molecule has 0 aliphatic heterocycles. The van der Waals surface area contributed by atoms with E-state index in [0.29, 0.717) is 11.1 Å². The van der Waals surface area contributed by atoms with Crippen molar-refractivity contribution in [3.63, 3.8) is 0 Å². The van der Waals surface area contributed by atoms with Crippen LogP contribution < -0.4 is 0 Å². The molecule has 0 heterocycles. The van der Waals surface area contributed by atoms with E-state index in [9.17, 15) is 26.4 Å². The molecule has 10 heteroatoms. The highest BCUT2D eigenvalue weighted by Gasteiger charge is 2.58. The van der Waals surface area contributed by atoms with Gasteiger partial charge in [-0.25, -0.2) is 13.9 Å². The fourth-order valence-electron chi connectivity index (χ4n) is 3.42. The second kappa shape index (κ2) is 9.96. The zero-order chi connectivity index (χ0) is 25.0. The van der Waals surface area contributed by atoms with Gasteiger partial charge in [-0.3, -0.25) is 0 Å². The highest BCUT2D eigenvalue weighted by molar-refractivity contribution is 7.87. The molecule has 0 aliphatic rings. The molecule has 0 aliphatic carbocycles. The minimum Gasteiger partial charge on any atom is -0.413 e. The molecule has 0 spiro atoms. The fraction of sp³-hybridized carbons (Fsp3) is 0.208. The van der Waals surface area contributed by atoms with E-state index >= 15 is 0 Å². The Balaban J connectivity index is 2.29. The Morgan fingerprint density at radius 1 is 0.794 bits per heavy atom. The summed E-state index contributed by atoms with van der Waals surface area (Å²) < 4.78 is 75.5. The van der Waals surface area contributed by atoms with Crippen LogP contribution in [0.15, 0.2) is 91.0 Å². The first-order valence-electron chi connectivity index (χ1n) is 10.1. The normalized spacial score (nSPS) is 14.1. The van der Waals surface area contributed by atoms with Crippen molar-refractivity contribution in [3.05, 3.63) is 108 Å². The first-order valence-corrected chi connectivity index (χ1v) is 11.5. The SMILES string of the molecule is CN(C)C(OC(=O)c1ccccc1)(OS(=O)(=O)C(F)(F)F)C(c1ccccc1)c1ccccc1. The number of esters is 1. The van der Waals surface area contributed by atoms with Crippen molar-refractivity contribution in [3.8, 4) is 0 Å². The molecule has 6 nitrogen and oxygen atoms in total. The zero-order valence-corrected chi connectivity index (χ0v) is 19.1. The van der Waals surface area contributed by atoms with Crippen LogP contribution in [-0.4, -0.2) is 44.8 Å². The minimum absolute atomic E-state index is 0.00149. The number of carbonyl (C=O) groups is 1. The molecule has 0 saturated carbocycles. The van der Waals surface area contributed by atoms with Crippen LogP contribution in [0, 0.1) is 0 Å². The van der Waals surface area contributed by atoms with Gasteiger partial charge in [0.05, 0.1) is 11.5 Å². The summed E-state index contributed by atoms with van der Waals surface area (Å²) in [6.07, 6.45) is 0. The van der Waals surface area contributed by atoms with E-state index in [0.717, 1.165) is 4.90 Å². The van der Waals surface area contributed by atoms with E-state index in [2.05, 4.69) is 0 Å². The molecule has 3 rings (SSSR count). The summed E-state index contributed by atoms with van der Waals surface area (Å²) >= 11 is 0. The van der Waals surface area contributed by atoms with E-state index in [1.165, 1.54) is 38.4 Å². The lowest BCUT2D eigenvalue weighted by Crippen LogP contribution is -2.57. The zero-order valence-electron chi connectivity index (χ0n) is 18.3. The Hall–Kier alpha value is -3.21. The Labute approximate surface area is 195 Å². The Bertz CT molecular complexity index is 1160. The largest absolute Gasteiger partial charge is 0.523 e. The molecule has 0 amide bonds. The lowest BCUT2D eigenvalue weighted by atomic mass is 9.87. The molecule has 0 bridgehead atoms. The summed E-state index contributed by atoms with van der Waals surface area (Å²) in [4.78, 5) is 14.1. The van der Waals surface area contributed by atoms with E-state index in [1.54, 1.807) is 66.7 Å². The Morgan fingerprint density at radius 2 is 1.21 bits per heavy atom. The summed E-state index contributed by atoms with van der Waals surface area (Å²) in [6.45, 7) is 0. The van der Waals surface area contributed by atoms with Crippen molar-refractivity contribution in [2.45, 2.75) is 17.3 Å². The van der Waals surface area contributed by atoms with E-state index in [4.69, 9.17) is 8.92 Å². The quantitative estimate of drug-likeness (QED) is 0.195. The number of nitrogens with zero attached hydrogens (tertiary/aromatic N) is 1. The summed E-state index contributed by atoms with van der Waals surface area (Å²) in [5, 5.41) is 0. The minimum atomic E-state index is -6.21. The van der Waals surface area contributed by atoms with Crippen LogP contribution in [0.1, 0.15) is 27.4 Å². The van der Waals surface area contributed by atoms with Gasteiger partial charge in [-0.2, -0.15) is 21.6 Å². The lowest BCUT2D eigenvalue weighted by molar-refractivity contribution is -0.240. The number of carbonyl (C=O) groups excluding carboxylic acids is 1. The van der Waals surface area contributed by atoms with Gasteiger partial charge >= 0.3 is 27.5 Å². The smallest absolute Gasteiger partial charge is 0.413 e. The van der Waals surface area contributed by atoms with Gasteiger partial charge in [0, 0.05) is 0 Å². The second-order valence-corrected chi connectivity index (χ2v) is 9.06. The number of alkyl halides is 3. The number of likely N-dealkylation sites (N-methyl/N-ethyl adjacent to an activating group) is 1. The van der Waals surface area contributed by atoms with Gasteiger partial charge < -0.3 is 4.74 Å². The molecule has 3 aromatic rings. The number of hydrogen-bond donors (Lipinski definition) is 0. The number of rotatable bonds is 8. The number of halogens is 3. The third kappa shape index (κ3) is 5.30. The van der Waals surface area contributed by atoms with Crippen molar-refractivity contribution in [1.29, 1.82) is 0 Å². The number of benzene rings is 3. The number of hydrogen-bond acceptors (Lipinski definition) is 6. The standard InChI is InChI=1S/C24H22F3NO5S/c1-28(2)23(33-34(30,31)24(25,26)27,32-22(29)20-16-10-5-11-17-20)21(18-12-6-3-7-13-18)19-14-8-4-9-15-19/h3-17,21H,1-2H3. The van der Waals surface area contributed by atoms with Crippen LogP contribution in [0.5, 0.6) is 0 Å². The van der Waals surface area contributed by atoms with Crippen LogP contribution in [0.2, 0.25) is 0 Å². The first kappa shape index (κ1) is 25.4. The van der Waals surface area contributed by atoms with Crippen molar-refractivity contribution in [2.75, 3.05) is 14.1 Å². The number of ether oxygens (including phenoxy) is 1. The molecule has 0 radical (unpaired) electrons. The van der Waals surface area contributed by atoms with E-state index < -0.39 is 33.4 Å². The maximum atomic E-state index is 13.5. The first-order chi connectivity index (χ1) is 16.0. The molecule has 1 unspecified atom stereocenters. The monoisotopic (exact) mass is 493 g/mol. The lowest BCUT2D eigenvalue weighted by Gasteiger charge is -2.43. The molecule has 0 aromatic heterocycles. The van der Waals surface area contributed by atoms with Crippen molar-refractivity contribution >= 4 is 16.1 Å². The van der Waals surface area contributed by atoms with Crippen LogP contribution in [0.4, 0.5) is 13.2 Å².